The van der Waals surface area contributed by atoms with Gasteiger partial charge in [-0.2, -0.15) is 4.39 Å². The van der Waals surface area contributed by atoms with E-state index in [1.807, 2.05) is 6.92 Å². The molecule has 18 heavy (non-hydrogen) atoms. The summed E-state index contributed by atoms with van der Waals surface area (Å²) in [6.07, 6.45) is 1.25. The number of pyridine rings is 1. The first-order valence-electron chi connectivity index (χ1n) is 5.25. The Bertz CT molecular complexity index is 584. The van der Waals surface area contributed by atoms with Gasteiger partial charge in [0.15, 0.2) is 0 Å². The van der Waals surface area contributed by atoms with Crippen molar-refractivity contribution in [1.82, 2.24) is 4.98 Å². The van der Waals surface area contributed by atoms with Crippen LogP contribution in [0.1, 0.15) is 15.9 Å². The number of benzene rings is 1. The number of carbonyl (C=O) groups excluding carboxylic acids is 1. The zero-order chi connectivity index (χ0) is 13.1. The Morgan fingerprint density at radius 2 is 2.11 bits per heavy atom. The number of amides is 1. The number of halogens is 2. The number of anilines is 1. The lowest BCUT2D eigenvalue weighted by Crippen LogP contribution is -2.12. The van der Waals surface area contributed by atoms with Crippen LogP contribution < -0.4 is 5.32 Å². The molecular formula is C13H10ClFN2O. The van der Waals surface area contributed by atoms with Crippen LogP contribution in [-0.4, -0.2) is 10.9 Å². The van der Waals surface area contributed by atoms with E-state index in [9.17, 15) is 9.18 Å². The topological polar surface area (TPSA) is 42.0 Å². The molecule has 1 aromatic heterocycles. The van der Waals surface area contributed by atoms with Crippen molar-refractivity contribution in [2.24, 2.45) is 0 Å². The maximum Gasteiger partial charge on any atom is 0.255 e. The molecule has 5 heteroatoms. The van der Waals surface area contributed by atoms with E-state index in [1.54, 1.807) is 18.2 Å². The van der Waals surface area contributed by atoms with Gasteiger partial charge in [-0.15, -0.1) is 0 Å². The second-order valence-corrected chi connectivity index (χ2v) is 4.19. The van der Waals surface area contributed by atoms with E-state index in [1.165, 1.54) is 18.3 Å². The largest absolute Gasteiger partial charge is 0.321 e. The fourth-order valence-corrected chi connectivity index (χ4v) is 1.57. The third-order valence-electron chi connectivity index (χ3n) is 2.42. The molecule has 0 saturated carbocycles. The fraction of sp³-hybridized carbons (Fsp3) is 0.0769. The Morgan fingerprint density at radius 1 is 1.33 bits per heavy atom. The lowest BCUT2D eigenvalue weighted by molar-refractivity contribution is 0.102. The summed E-state index contributed by atoms with van der Waals surface area (Å²) in [6.45, 7) is 1.86. The zero-order valence-corrected chi connectivity index (χ0v) is 10.3. The van der Waals surface area contributed by atoms with Gasteiger partial charge < -0.3 is 5.32 Å². The first-order valence-corrected chi connectivity index (χ1v) is 5.63. The normalized spacial score (nSPS) is 10.2. The second kappa shape index (κ2) is 5.14. The minimum atomic E-state index is -0.591. The van der Waals surface area contributed by atoms with Crippen molar-refractivity contribution in [1.29, 1.82) is 0 Å². The van der Waals surface area contributed by atoms with Crippen LogP contribution in [0.25, 0.3) is 0 Å². The molecule has 1 amide bonds. The number of hydrogen-bond acceptors (Lipinski definition) is 2. The highest BCUT2D eigenvalue weighted by Gasteiger charge is 2.08. The molecule has 0 saturated heterocycles. The minimum Gasteiger partial charge on any atom is -0.321 e. The number of nitrogens with one attached hydrogen (secondary N) is 1. The standard InChI is InChI=1S/C13H10ClFN2O/c1-8-2-3-9(6-11(8)14)13(18)17-10-4-5-12(15)16-7-10/h2-7H,1H3,(H,17,18). The Kier molecular flexibility index (Phi) is 3.58. The summed E-state index contributed by atoms with van der Waals surface area (Å²) >= 11 is 5.94. The van der Waals surface area contributed by atoms with E-state index in [2.05, 4.69) is 10.3 Å². The van der Waals surface area contributed by atoms with Crippen molar-refractivity contribution in [2.45, 2.75) is 6.92 Å². The average Bonchev–Trinajstić information content (AvgIpc) is 2.35. The number of hydrogen-bond donors (Lipinski definition) is 1. The van der Waals surface area contributed by atoms with Crippen LogP contribution in [0.5, 0.6) is 0 Å². The van der Waals surface area contributed by atoms with Gasteiger partial charge in [-0.05, 0) is 36.8 Å². The molecule has 0 atom stereocenters. The highest BCUT2D eigenvalue weighted by atomic mass is 35.5. The predicted octanol–water partition coefficient (Wildman–Crippen LogP) is 3.43. The molecule has 3 nitrogen and oxygen atoms in total. The average molecular weight is 265 g/mol. The van der Waals surface area contributed by atoms with Crippen LogP contribution in [0.2, 0.25) is 5.02 Å². The Morgan fingerprint density at radius 3 is 2.72 bits per heavy atom. The number of rotatable bonds is 2. The van der Waals surface area contributed by atoms with Crippen molar-refractivity contribution < 1.29 is 9.18 Å². The smallest absolute Gasteiger partial charge is 0.255 e. The van der Waals surface area contributed by atoms with Gasteiger partial charge in [-0.3, -0.25) is 4.79 Å². The van der Waals surface area contributed by atoms with Crippen LogP contribution in [-0.2, 0) is 0 Å². The van der Waals surface area contributed by atoms with Gasteiger partial charge in [0.1, 0.15) is 0 Å². The quantitative estimate of drug-likeness (QED) is 0.845. The van der Waals surface area contributed by atoms with E-state index in [-0.39, 0.29) is 5.91 Å². The highest BCUT2D eigenvalue weighted by molar-refractivity contribution is 6.31. The highest BCUT2D eigenvalue weighted by Crippen LogP contribution is 2.17. The molecule has 1 heterocycles. The molecule has 0 aliphatic rings. The van der Waals surface area contributed by atoms with Crippen molar-refractivity contribution in [3.05, 3.63) is 58.6 Å². The molecule has 92 valence electrons. The SMILES string of the molecule is Cc1ccc(C(=O)Nc2ccc(F)nc2)cc1Cl. The minimum absolute atomic E-state index is 0.315. The molecule has 0 radical (unpaired) electrons. The Balaban J connectivity index is 2.16. The Labute approximate surface area is 109 Å². The molecular weight excluding hydrogens is 255 g/mol. The summed E-state index contributed by atoms with van der Waals surface area (Å²) in [5, 5.41) is 3.13. The van der Waals surface area contributed by atoms with Gasteiger partial charge in [0, 0.05) is 10.6 Å². The van der Waals surface area contributed by atoms with Gasteiger partial charge in [0.25, 0.3) is 5.91 Å². The van der Waals surface area contributed by atoms with E-state index in [4.69, 9.17) is 11.6 Å². The molecule has 2 aromatic rings. The van der Waals surface area contributed by atoms with Crippen molar-refractivity contribution in [2.75, 3.05) is 5.32 Å². The van der Waals surface area contributed by atoms with Crippen molar-refractivity contribution >= 4 is 23.2 Å². The van der Waals surface area contributed by atoms with Crippen LogP contribution >= 0.6 is 11.6 Å². The number of carbonyl (C=O) groups is 1. The Hall–Kier alpha value is -1.94. The number of aryl methyl sites for hydroxylation is 1. The lowest BCUT2D eigenvalue weighted by Gasteiger charge is -2.06. The van der Waals surface area contributed by atoms with Gasteiger partial charge in [0.05, 0.1) is 11.9 Å². The molecule has 0 unspecified atom stereocenters. The molecule has 1 N–H and O–H groups in total. The molecule has 0 fully saturated rings. The third kappa shape index (κ3) is 2.84. The third-order valence-corrected chi connectivity index (χ3v) is 2.83. The molecule has 0 spiro atoms. The predicted molar refractivity (Wildman–Crippen MR) is 68.3 cm³/mol. The van der Waals surface area contributed by atoms with Crippen molar-refractivity contribution in [3.8, 4) is 0 Å². The number of nitrogens with zero attached hydrogens (tertiary/aromatic N) is 1. The van der Waals surface area contributed by atoms with Crippen LogP contribution in [0.4, 0.5) is 10.1 Å². The summed E-state index contributed by atoms with van der Waals surface area (Å²) in [7, 11) is 0. The van der Waals surface area contributed by atoms with E-state index in [0.717, 1.165) is 5.56 Å². The summed E-state index contributed by atoms with van der Waals surface area (Å²) in [5.74, 6) is -0.906. The van der Waals surface area contributed by atoms with Gasteiger partial charge in [-0.1, -0.05) is 17.7 Å². The van der Waals surface area contributed by atoms with Gasteiger partial charge >= 0.3 is 0 Å². The first-order chi connectivity index (χ1) is 8.56. The lowest BCUT2D eigenvalue weighted by atomic mass is 10.1. The monoisotopic (exact) mass is 264 g/mol. The van der Waals surface area contributed by atoms with E-state index in [0.29, 0.717) is 16.3 Å². The summed E-state index contributed by atoms with van der Waals surface area (Å²) in [4.78, 5) is 15.3. The first kappa shape index (κ1) is 12.5. The second-order valence-electron chi connectivity index (χ2n) is 3.79. The van der Waals surface area contributed by atoms with Crippen molar-refractivity contribution in [3.63, 3.8) is 0 Å². The molecule has 0 aliphatic heterocycles. The molecule has 2 rings (SSSR count). The fourth-order valence-electron chi connectivity index (χ4n) is 1.39. The maximum atomic E-state index is 12.6. The van der Waals surface area contributed by atoms with Crippen LogP contribution in [0, 0.1) is 12.9 Å². The van der Waals surface area contributed by atoms with E-state index >= 15 is 0 Å². The summed E-state index contributed by atoms with van der Waals surface area (Å²) in [6, 6.07) is 7.64. The van der Waals surface area contributed by atoms with Crippen LogP contribution in [0.15, 0.2) is 36.5 Å². The summed E-state index contributed by atoms with van der Waals surface area (Å²) < 4.78 is 12.6. The van der Waals surface area contributed by atoms with Gasteiger partial charge in [0.2, 0.25) is 5.95 Å². The molecule has 0 aliphatic carbocycles. The van der Waals surface area contributed by atoms with E-state index < -0.39 is 5.95 Å². The van der Waals surface area contributed by atoms with Crippen LogP contribution in [0.3, 0.4) is 0 Å². The molecule has 1 aromatic carbocycles. The zero-order valence-electron chi connectivity index (χ0n) is 9.58. The molecule has 0 bridgehead atoms. The van der Waals surface area contributed by atoms with Gasteiger partial charge in [-0.25, -0.2) is 4.98 Å². The summed E-state index contributed by atoms with van der Waals surface area (Å²) in [5.41, 5.74) is 1.77. The number of aromatic nitrogens is 1. The maximum absolute atomic E-state index is 12.6.